The zero-order chi connectivity index (χ0) is 24.8. The molecule has 8 nitrogen and oxygen atoms in total. The fraction of sp³-hybridized carbons (Fsp3) is 0.440. The second-order valence-corrected chi connectivity index (χ2v) is 8.66. The number of hydrogen-bond acceptors (Lipinski definition) is 6. The highest BCUT2D eigenvalue weighted by Gasteiger charge is 2.24. The third-order valence-electron chi connectivity index (χ3n) is 6.03. The molecule has 1 saturated carbocycles. The van der Waals surface area contributed by atoms with Crippen LogP contribution in [0, 0.1) is 0 Å². The molecule has 35 heavy (non-hydrogen) atoms. The van der Waals surface area contributed by atoms with E-state index < -0.39 is 18.2 Å². The predicted molar refractivity (Wildman–Crippen MR) is 125 cm³/mol. The third kappa shape index (κ3) is 6.12. The molecular formula is C25H29F2N5O3. The van der Waals surface area contributed by atoms with Gasteiger partial charge in [-0.25, -0.2) is 23.2 Å². The number of aromatic nitrogens is 4. The maximum absolute atomic E-state index is 13.8. The van der Waals surface area contributed by atoms with Gasteiger partial charge in [0.25, 0.3) is 6.43 Å². The number of alkyl halides is 2. The summed E-state index contributed by atoms with van der Waals surface area (Å²) in [6.45, 7) is 0.251. The highest BCUT2D eigenvalue weighted by Crippen LogP contribution is 2.33. The quantitative estimate of drug-likeness (QED) is 0.431. The Balaban J connectivity index is 1.48. The molecule has 0 atom stereocenters. The van der Waals surface area contributed by atoms with Crippen molar-refractivity contribution in [2.45, 2.75) is 57.8 Å². The van der Waals surface area contributed by atoms with Crippen molar-refractivity contribution in [2.24, 2.45) is 7.05 Å². The van der Waals surface area contributed by atoms with E-state index in [2.05, 4.69) is 15.3 Å². The van der Waals surface area contributed by atoms with Crippen LogP contribution in [0.5, 0.6) is 5.75 Å². The van der Waals surface area contributed by atoms with Crippen LogP contribution in [0.15, 0.2) is 42.5 Å². The van der Waals surface area contributed by atoms with Crippen LogP contribution in [0.1, 0.15) is 55.5 Å². The molecule has 1 amide bonds. The fourth-order valence-corrected chi connectivity index (χ4v) is 4.11. The monoisotopic (exact) mass is 485 g/mol. The molecule has 4 rings (SSSR count). The van der Waals surface area contributed by atoms with E-state index in [1.165, 1.54) is 15.6 Å². The van der Waals surface area contributed by atoms with Crippen LogP contribution in [0.25, 0.3) is 11.4 Å². The van der Waals surface area contributed by atoms with E-state index in [0.29, 0.717) is 12.2 Å². The summed E-state index contributed by atoms with van der Waals surface area (Å²) in [5, 5.41) is 8.06. The molecule has 0 aliphatic heterocycles. The molecule has 0 saturated heterocycles. The largest absolute Gasteiger partial charge is 0.488 e. The van der Waals surface area contributed by atoms with Crippen molar-refractivity contribution in [3.05, 3.63) is 59.4 Å². The molecule has 0 spiro atoms. The average molecular weight is 486 g/mol. The first-order valence-electron chi connectivity index (χ1n) is 11.7. The topological polar surface area (TPSA) is 82.4 Å². The smallest absolute Gasteiger partial charge is 0.410 e. The SMILES string of the molecule is CN(Cc1ccccc1)C(=O)OCc1c(-c2ccc(OC3CCCCC3)c(C(F)F)n2)nnn1C. The Labute approximate surface area is 202 Å². The van der Waals surface area contributed by atoms with Crippen molar-refractivity contribution >= 4 is 6.09 Å². The maximum atomic E-state index is 13.8. The summed E-state index contributed by atoms with van der Waals surface area (Å²) < 4.78 is 40.5. The summed E-state index contributed by atoms with van der Waals surface area (Å²) in [5.74, 6) is 0.0926. The van der Waals surface area contributed by atoms with Crippen LogP contribution in [-0.2, 0) is 24.9 Å². The fourth-order valence-electron chi connectivity index (χ4n) is 4.11. The third-order valence-corrected chi connectivity index (χ3v) is 6.03. The molecule has 2 heterocycles. The van der Waals surface area contributed by atoms with Crippen LogP contribution >= 0.6 is 0 Å². The van der Waals surface area contributed by atoms with Gasteiger partial charge in [-0.3, -0.25) is 0 Å². The van der Waals surface area contributed by atoms with Gasteiger partial charge in [-0.2, -0.15) is 0 Å². The summed E-state index contributed by atoms with van der Waals surface area (Å²) in [7, 11) is 3.28. The van der Waals surface area contributed by atoms with E-state index in [1.807, 2.05) is 30.3 Å². The molecule has 1 aliphatic carbocycles. The van der Waals surface area contributed by atoms with Gasteiger partial charge in [-0.15, -0.1) is 5.10 Å². The van der Waals surface area contributed by atoms with Gasteiger partial charge in [0, 0.05) is 20.6 Å². The summed E-state index contributed by atoms with van der Waals surface area (Å²) in [4.78, 5) is 18.1. The molecule has 0 radical (unpaired) electrons. The van der Waals surface area contributed by atoms with Crippen molar-refractivity contribution in [3.63, 3.8) is 0 Å². The lowest BCUT2D eigenvalue weighted by Gasteiger charge is -2.24. The van der Waals surface area contributed by atoms with E-state index >= 15 is 0 Å². The van der Waals surface area contributed by atoms with Crippen LogP contribution in [0.2, 0.25) is 0 Å². The molecule has 1 aromatic carbocycles. The first-order chi connectivity index (χ1) is 16.9. The van der Waals surface area contributed by atoms with Crippen molar-refractivity contribution in [2.75, 3.05) is 7.05 Å². The minimum Gasteiger partial charge on any atom is -0.488 e. The number of hydrogen-bond donors (Lipinski definition) is 0. The summed E-state index contributed by atoms with van der Waals surface area (Å²) >= 11 is 0. The normalized spacial score (nSPS) is 14.2. The molecule has 3 aromatic rings. The van der Waals surface area contributed by atoms with Gasteiger partial charge in [0.05, 0.1) is 11.8 Å². The summed E-state index contributed by atoms with van der Waals surface area (Å²) in [6, 6.07) is 12.6. The van der Waals surface area contributed by atoms with Crippen molar-refractivity contribution in [1.29, 1.82) is 0 Å². The molecule has 0 N–H and O–H groups in total. The lowest BCUT2D eigenvalue weighted by molar-refractivity contribution is 0.100. The van der Waals surface area contributed by atoms with E-state index in [-0.39, 0.29) is 29.8 Å². The van der Waals surface area contributed by atoms with E-state index in [1.54, 1.807) is 20.2 Å². The maximum Gasteiger partial charge on any atom is 0.410 e. The van der Waals surface area contributed by atoms with Crippen molar-refractivity contribution in [3.8, 4) is 17.1 Å². The Bertz CT molecular complexity index is 1130. The lowest BCUT2D eigenvalue weighted by atomic mass is 9.98. The number of halogens is 2. The molecule has 10 heteroatoms. The number of benzene rings is 1. The number of amides is 1. The van der Waals surface area contributed by atoms with E-state index in [4.69, 9.17) is 9.47 Å². The number of carbonyl (C=O) groups excluding carboxylic acids is 1. The molecule has 0 bridgehead atoms. The van der Waals surface area contributed by atoms with Crippen molar-refractivity contribution in [1.82, 2.24) is 24.9 Å². The highest BCUT2D eigenvalue weighted by molar-refractivity contribution is 5.67. The van der Waals surface area contributed by atoms with E-state index in [0.717, 1.165) is 37.7 Å². The molecule has 186 valence electrons. The second kappa shape index (κ2) is 11.2. The molecule has 1 fully saturated rings. The Morgan fingerprint density at radius 3 is 2.60 bits per heavy atom. The first-order valence-corrected chi connectivity index (χ1v) is 11.7. The molecule has 0 unspecified atom stereocenters. The zero-order valence-corrected chi connectivity index (χ0v) is 19.9. The predicted octanol–water partition coefficient (Wildman–Crippen LogP) is 5.29. The van der Waals surface area contributed by atoms with Gasteiger partial charge < -0.3 is 14.4 Å². The Morgan fingerprint density at radius 1 is 1.14 bits per heavy atom. The minimum atomic E-state index is -2.81. The van der Waals surface area contributed by atoms with Gasteiger partial charge in [0.1, 0.15) is 29.4 Å². The zero-order valence-electron chi connectivity index (χ0n) is 19.9. The van der Waals surface area contributed by atoms with Crippen molar-refractivity contribution < 1.29 is 23.0 Å². The van der Waals surface area contributed by atoms with Gasteiger partial charge in [-0.05, 0) is 43.4 Å². The summed E-state index contributed by atoms with van der Waals surface area (Å²) in [6.07, 6.45) is 1.49. The standard InChI is InChI=1S/C25H29F2N5O3/c1-31(15-17-9-5-3-6-10-17)25(33)34-16-20-22(29-30-32(20)2)19-13-14-21(23(28-19)24(26)27)35-18-11-7-4-8-12-18/h3,5-6,9-10,13-14,18,24H,4,7-8,11-12,15-16H2,1-2H3. The second-order valence-electron chi connectivity index (χ2n) is 8.66. The minimum absolute atomic E-state index is 0.0757. The van der Waals surface area contributed by atoms with Gasteiger partial charge in [0.15, 0.2) is 0 Å². The number of ether oxygens (including phenoxy) is 2. The molecular weight excluding hydrogens is 456 g/mol. The van der Waals surface area contributed by atoms with Crippen LogP contribution in [0.4, 0.5) is 13.6 Å². The van der Waals surface area contributed by atoms with Gasteiger partial charge >= 0.3 is 6.09 Å². The number of rotatable bonds is 8. The van der Waals surface area contributed by atoms with E-state index in [9.17, 15) is 13.6 Å². The number of nitrogens with zero attached hydrogens (tertiary/aromatic N) is 5. The van der Waals surface area contributed by atoms with Crippen LogP contribution in [-0.4, -0.2) is 44.1 Å². The Hall–Kier alpha value is -3.56. The number of aryl methyl sites for hydroxylation is 1. The van der Waals surface area contributed by atoms with Gasteiger partial charge in [0.2, 0.25) is 0 Å². The Kier molecular flexibility index (Phi) is 7.89. The van der Waals surface area contributed by atoms with Crippen LogP contribution < -0.4 is 4.74 Å². The number of carbonyl (C=O) groups is 1. The average Bonchev–Trinajstić information content (AvgIpc) is 3.24. The highest BCUT2D eigenvalue weighted by atomic mass is 19.3. The molecule has 2 aromatic heterocycles. The summed E-state index contributed by atoms with van der Waals surface area (Å²) in [5.41, 5.74) is 1.48. The Morgan fingerprint density at radius 2 is 1.89 bits per heavy atom. The van der Waals surface area contributed by atoms with Gasteiger partial charge in [-0.1, -0.05) is 42.0 Å². The number of pyridine rings is 1. The first kappa shape index (κ1) is 24.6. The van der Waals surface area contributed by atoms with Crippen LogP contribution in [0.3, 0.4) is 0 Å². The lowest BCUT2D eigenvalue weighted by Crippen LogP contribution is -2.27. The molecule has 1 aliphatic rings.